The zero-order chi connectivity index (χ0) is 11.0. The van der Waals surface area contributed by atoms with Crippen LogP contribution < -0.4 is 0 Å². The zero-order valence-corrected chi connectivity index (χ0v) is 9.52. The van der Waals surface area contributed by atoms with E-state index in [-0.39, 0.29) is 12.0 Å². The summed E-state index contributed by atoms with van der Waals surface area (Å²) in [5.41, 5.74) is 0. The van der Waals surface area contributed by atoms with Crippen LogP contribution >= 0.6 is 0 Å². The monoisotopic (exact) mass is 212 g/mol. The number of amides is 1. The Morgan fingerprint density at radius 3 is 2.73 bits per heavy atom. The Bertz CT molecular complexity index is 251. The van der Waals surface area contributed by atoms with E-state index in [1.807, 2.05) is 4.90 Å². The average molecular weight is 212 g/mol. The van der Waals surface area contributed by atoms with Crippen LogP contribution in [0.2, 0.25) is 0 Å². The Hall–Kier alpha value is -0.610. The van der Waals surface area contributed by atoms with Crippen molar-refractivity contribution >= 4 is 5.91 Å². The van der Waals surface area contributed by atoms with Crippen molar-refractivity contribution in [1.29, 1.82) is 0 Å². The lowest BCUT2D eigenvalue weighted by atomic mass is 10.1. The maximum Gasteiger partial charge on any atom is 0.237 e. The number of aliphatic hydroxyl groups is 1. The Kier molecular flexibility index (Phi) is 2.98. The second-order valence-electron chi connectivity index (χ2n) is 4.90. The van der Waals surface area contributed by atoms with E-state index >= 15 is 0 Å². The van der Waals surface area contributed by atoms with Gasteiger partial charge in [0.2, 0.25) is 5.91 Å². The smallest absolute Gasteiger partial charge is 0.237 e. The van der Waals surface area contributed by atoms with Crippen molar-refractivity contribution < 1.29 is 9.90 Å². The number of carbonyl (C=O) groups is 1. The fourth-order valence-corrected chi connectivity index (χ4v) is 2.25. The first-order valence-electron chi connectivity index (χ1n) is 5.79. The lowest BCUT2D eigenvalue weighted by Crippen LogP contribution is -2.56. The number of nitrogens with zero attached hydrogens (tertiary/aromatic N) is 2. The van der Waals surface area contributed by atoms with Crippen LogP contribution in [0.15, 0.2) is 0 Å². The van der Waals surface area contributed by atoms with Crippen molar-refractivity contribution in [3.8, 4) is 0 Å². The second-order valence-corrected chi connectivity index (χ2v) is 4.90. The summed E-state index contributed by atoms with van der Waals surface area (Å²) in [6.45, 7) is 5.80. The average Bonchev–Trinajstić information content (AvgIpc) is 2.93. The maximum atomic E-state index is 11.8. The third kappa shape index (κ3) is 2.49. The lowest BCUT2D eigenvalue weighted by molar-refractivity contribution is -0.139. The molecule has 2 rings (SSSR count). The van der Waals surface area contributed by atoms with Crippen LogP contribution in [0.1, 0.15) is 26.7 Å². The normalized spacial score (nSPS) is 30.7. The molecule has 1 N–H and O–H groups in total. The van der Waals surface area contributed by atoms with Crippen LogP contribution in [0.25, 0.3) is 0 Å². The van der Waals surface area contributed by atoms with E-state index in [0.29, 0.717) is 25.2 Å². The molecule has 2 atom stereocenters. The van der Waals surface area contributed by atoms with Crippen molar-refractivity contribution in [3.63, 3.8) is 0 Å². The van der Waals surface area contributed by atoms with E-state index in [9.17, 15) is 9.90 Å². The van der Waals surface area contributed by atoms with Gasteiger partial charge in [0, 0.05) is 25.2 Å². The molecule has 1 heterocycles. The number of rotatable bonds is 3. The van der Waals surface area contributed by atoms with Gasteiger partial charge in [-0.1, -0.05) is 0 Å². The molecule has 2 unspecified atom stereocenters. The van der Waals surface area contributed by atoms with Gasteiger partial charge in [-0.3, -0.25) is 9.69 Å². The summed E-state index contributed by atoms with van der Waals surface area (Å²) in [7, 11) is 0. The van der Waals surface area contributed by atoms with Gasteiger partial charge in [0.15, 0.2) is 0 Å². The van der Waals surface area contributed by atoms with Crippen molar-refractivity contribution in [2.24, 2.45) is 0 Å². The van der Waals surface area contributed by atoms with Crippen molar-refractivity contribution in [2.45, 2.75) is 44.9 Å². The predicted octanol–water partition coefficient (Wildman–Crippen LogP) is 0.0623. The highest BCUT2D eigenvalue weighted by Gasteiger charge is 2.38. The van der Waals surface area contributed by atoms with Crippen LogP contribution in [0.3, 0.4) is 0 Å². The second kappa shape index (κ2) is 4.10. The molecule has 1 aliphatic carbocycles. The third-order valence-electron chi connectivity index (χ3n) is 3.23. The van der Waals surface area contributed by atoms with Crippen LogP contribution in [0.4, 0.5) is 0 Å². The molecule has 2 aliphatic rings. The molecule has 0 aromatic rings. The number of hydrogen-bond acceptors (Lipinski definition) is 3. The number of carbonyl (C=O) groups excluding carboxylic acids is 1. The maximum absolute atomic E-state index is 11.8. The first-order chi connectivity index (χ1) is 7.08. The van der Waals surface area contributed by atoms with E-state index in [4.69, 9.17) is 0 Å². The zero-order valence-electron chi connectivity index (χ0n) is 9.52. The Labute approximate surface area is 90.9 Å². The van der Waals surface area contributed by atoms with Crippen molar-refractivity contribution in [1.82, 2.24) is 9.80 Å². The molecule has 1 amide bonds. The lowest BCUT2D eigenvalue weighted by Gasteiger charge is -2.40. The van der Waals surface area contributed by atoms with Gasteiger partial charge in [0.05, 0.1) is 12.6 Å². The van der Waals surface area contributed by atoms with Gasteiger partial charge < -0.3 is 10.0 Å². The minimum atomic E-state index is -0.354. The molecule has 4 heteroatoms. The minimum Gasteiger partial charge on any atom is -0.392 e. The van der Waals surface area contributed by atoms with Crippen LogP contribution in [0, 0.1) is 0 Å². The summed E-state index contributed by atoms with van der Waals surface area (Å²) in [6.07, 6.45) is 2.00. The molecule has 1 saturated heterocycles. The highest BCUT2D eigenvalue weighted by atomic mass is 16.3. The topological polar surface area (TPSA) is 43.8 Å². The molecule has 1 saturated carbocycles. The summed E-state index contributed by atoms with van der Waals surface area (Å²) >= 11 is 0. The van der Waals surface area contributed by atoms with Gasteiger partial charge in [-0.2, -0.15) is 0 Å². The molecule has 0 aromatic carbocycles. The molecule has 1 aliphatic heterocycles. The summed E-state index contributed by atoms with van der Waals surface area (Å²) in [5.74, 6) is 0.233. The van der Waals surface area contributed by atoms with Crippen LogP contribution in [-0.2, 0) is 4.79 Å². The molecule has 15 heavy (non-hydrogen) atoms. The quantitative estimate of drug-likeness (QED) is 0.719. The van der Waals surface area contributed by atoms with Gasteiger partial charge in [-0.25, -0.2) is 0 Å². The van der Waals surface area contributed by atoms with E-state index in [0.717, 1.165) is 6.54 Å². The van der Waals surface area contributed by atoms with Gasteiger partial charge in [-0.15, -0.1) is 0 Å². The van der Waals surface area contributed by atoms with E-state index < -0.39 is 0 Å². The van der Waals surface area contributed by atoms with Crippen LogP contribution in [-0.4, -0.2) is 58.6 Å². The van der Waals surface area contributed by atoms with Gasteiger partial charge >= 0.3 is 0 Å². The summed E-state index contributed by atoms with van der Waals surface area (Å²) < 4.78 is 0. The standard InChI is InChI=1S/C11H20N2O2/c1-8-5-13(10-3-4-10)11(15)7-12(8)6-9(2)14/h8-10,14H,3-7H2,1-2H3. The van der Waals surface area contributed by atoms with Gasteiger partial charge in [0.1, 0.15) is 0 Å². The number of hydrogen-bond donors (Lipinski definition) is 1. The molecular weight excluding hydrogens is 192 g/mol. The van der Waals surface area contributed by atoms with Crippen molar-refractivity contribution in [2.75, 3.05) is 19.6 Å². The highest BCUT2D eigenvalue weighted by molar-refractivity contribution is 5.79. The minimum absolute atomic E-state index is 0.233. The summed E-state index contributed by atoms with van der Waals surface area (Å²) in [4.78, 5) is 15.9. The predicted molar refractivity (Wildman–Crippen MR) is 57.5 cm³/mol. The fourth-order valence-electron chi connectivity index (χ4n) is 2.25. The molecule has 4 nitrogen and oxygen atoms in total. The first kappa shape index (κ1) is 10.9. The molecule has 0 spiro atoms. The van der Waals surface area contributed by atoms with Gasteiger partial charge in [-0.05, 0) is 26.7 Å². The summed E-state index contributed by atoms with van der Waals surface area (Å²) in [6, 6.07) is 0.895. The highest BCUT2D eigenvalue weighted by Crippen LogP contribution is 2.29. The van der Waals surface area contributed by atoms with Crippen LogP contribution in [0.5, 0.6) is 0 Å². The SMILES string of the molecule is CC(O)CN1CC(=O)N(C2CC2)CC1C. The first-order valence-corrected chi connectivity index (χ1v) is 5.79. The largest absolute Gasteiger partial charge is 0.392 e. The molecular formula is C11H20N2O2. The van der Waals surface area contributed by atoms with E-state index in [2.05, 4.69) is 11.8 Å². The Morgan fingerprint density at radius 1 is 1.53 bits per heavy atom. The molecule has 2 fully saturated rings. The Morgan fingerprint density at radius 2 is 2.20 bits per heavy atom. The fraction of sp³-hybridized carbons (Fsp3) is 0.909. The number of β-amino-alcohol motifs (C(OH)–C–C–N with tert-alkyl or cyclic N) is 1. The number of piperazine rings is 1. The van der Waals surface area contributed by atoms with Gasteiger partial charge in [0.25, 0.3) is 0 Å². The van der Waals surface area contributed by atoms with Crippen molar-refractivity contribution in [3.05, 3.63) is 0 Å². The van der Waals surface area contributed by atoms with E-state index in [1.54, 1.807) is 6.92 Å². The molecule has 0 bridgehead atoms. The molecule has 86 valence electrons. The summed E-state index contributed by atoms with van der Waals surface area (Å²) in [5, 5.41) is 9.33. The number of aliphatic hydroxyl groups excluding tert-OH is 1. The third-order valence-corrected chi connectivity index (χ3v) is 3.23. The molecule has 0 radical (unpaired) electrons. The molecule has 0 aromatic heterocycles. The Balaban J connectivity index is 1.93. The van der Waals surface area contributed by atoms with E-state index in [1.165, 1.54) is 12.8 Å².